The molecule has 0 saturated carbocycles. The number of piperidine rings is 1. The van der Waals surface area contributed by atoms with E-state index in [1.807, 2.05) is 27.7 Å². The van der Waals surface area contributed by atoms with Crippen molar-refractivity contribution in [1.82, 2.24) is 4.90 Å². The summed E-state index contributed by atoms with van der Waals surface area (Å²) in [5, 5.41) is 0. The lowest BCUT2D eigenvalue weighted by Crippen LogP contribution is -2.33. The maximum absolute atomic E-state index is 2.55. The molecule has 0 atom stereocenters. The molecule has 1 nitrogen and oxygen atoms in total. The fourth-order valence-corrected chi connectivity index (χ4v) is 1.71. The molecule has 88 valence electrons. The minimum atomic E-state index is 1.03. The standard InChI is InChI=1S/C9H19N.2C2H6/c1-3-9-5-7-10(4-2)8-6-9;2*1-2/h9H,3-8H2,1-2H3;2*1-2H3. The molecular formula is C13H31N. The molecule has 1 rings (SSSR count). The topological polar surface area (TPSA) is 3.24 Å². The van der Waals surface area contributed by atoms with Crippen LogP contribution in [0.2, 0.25) is 0 Å². The summed E-state index contributed by atoms with van der Waals surface area (Å²) in [6.07, 6.45) is 4.26. The summed E-state index contributed by atoms with van der Waals surface area (Å²) in [4.78, 5) is 2.55. The van der Waals surface area contributed by atoms with Crippen LogP contribution in [0.25, 0.3) is 0 Å². The highest BCUT2D eigenvalue weighted by atomic mass is 15.1. The lowest BCUT2D eigenvalue weighted by molar-refractivity contribution is 0.190. The molecule has 1 heterocycles. The fourth-order valence-electron chi connectivity index (χ4n) is 1.71. The van der Waals surface area contributed by atoms with E-state index in [-0.39, 0.29) is 0 Å². The monoisotopic (exact) mass is 201 g/mol. The van der Waals surface area contributed by atoms with E-state index in [9.17, 15) is 0 Å². The van der Waals surface area contributed by atoms with E-state index in [4.69, 9.17) is 0 Å². The molecule has 1 saturated heterocycles. The molecule has 0 amide bonds. The Morgan fingerprint density at radius 3 is 1.64 bits per heavy atom. The van der Waals surface area contributed by atoms with Gasteiger partial charge in [0.2, 0.25) is 0 Å². The minimum absolute atomic E-state index is 1.03. The van der Waals surface area contributed by atoms with Gasteiger partial charge in [-0.25, -0.2) is 0 Å². The predicted molar refractivity (Wildman–Crippen MR) is 67.8 cm³/mol. The molecule has 0 radical (unpaired) electrons. The molecule has 1 aliphatic heterocycles. The van der Waals surface area contributed by atoms with Crippen LogP contribution >= 0.6 is 0 Å². The highest BCUT2D eigenvalue weighted by molar-refractivity contribution is 4.69. The molecule has 0 bridgehead atoms. The number of nitrogens with zero attached hydrogens (tertiary/aromatic N) is 1. The molecular weight excluding hydrogens is 170 g/mol. The molecule has 0 aliphatic carbocycles. The Labute approximate surface area is 91.9 Å². The van der Waals surface area contributed by atoms with Gasteiger partial charge in [0, 0.05) is 0 Å². The van der Waals surface area contributed by atoms with Crippen molar-refractivity contribution in [3.8, 4) is 0 Å². The zero-order chi connectivity index (χ0) is 11.4. The molecule has 0 N–H and O–H groups in total. The van der Waals surface area contributed by atoms with Gasteiger partial charge >= 0.3 is 0 Å². The van der Waals surface area contributed by atoms with Gasteiger partial charge in [-0.15, -0.1) is 0 Å². The van der Waals surface area contributed by atoms with Crippen LogP contribution in [0, 0.1) is 5.92 Å². The van der Waals surface area contributed by atoms with Crippen molar-refractivity contribution in [2.24, 2.45) is 5.92 Å². The first-order valence-corrected chi connectivity index (χ1v) is 6.59. The van der Waals surface area contributed by atoms with E-state index >= 15 is 0 Å². The van der Waals surface area contributed by atoms with Crippen LogP contribution in [-0.2, 0) is 0 Å². The highest BCUT2D eigenvalue weighted by Gasteiger charge is 2.15. The smallest absolute Gasteiger partial charge is 0.00162 e. The van der Waals surface area contributed by atoms with Crippen LogP contribution in [0.15, 0.2) is 0 Å². The van der Waals surface area contributed by atoms with E-state index in [1.165, 1.54) is 38.9 Å². The average molecular weight is 201 g/mol. The zero-order valence-corrected chi connectivity index (χ0v) is 11.3. The Bertz CT molecular complexity index is 71.2. The van der Waals surface area contributed by atoms with Gasteiger partial charge in [0.1, 0.15) is 0 Å². The van der Waals surface area contributed by atoms with E-state index in [0.717, 1.165) is 5.92 Å². The lowest BCUT2D eigenvalue weighted by atomic mass is 9.95. The van der Waals surface area contributed by atoms with Gasteiger partial charge in [-0.05, 0) is 38.4 Å². The first-order valence-electron chi connectivity index (χ1n) is 6.59. The van der Waals surface area contributed by atoms with Crippen LogP contribution in [0.3, 0.4) is 0 Å². The van der Waals surface area contributed by atoms with E-state index in [0.29, 0.717) is 0 Å². The molecule has 0 unspecified atom stereocenters. The van der Waals surface area contributed by atoms with Gasteiger partial charge < -0.3 is 4.90 Å². The second-order valence-corrected chi connectivity index (χ2v) is 3.29. The zero-order valence-electron chi connectivity index (χ0n) is 11.3. The molecule has 0 spiro atoms. The number of likely N-dealkylation sites (tertiary alicyclic amines) is 1. The van der Waals surface area contributed by atoms with Gasteiger partial charge in [-0.1, -0.05) is 48.0 Å². The van der Waals surface area contributed by atoms with Crippen molar-refractivity contribution in [3.05, 3.63) is 0 Å². The van der Waals surface area contributed by atoms with Gasteiger partial charge in [-0.3, -0.25) is 0 Å². The van der Waals surface area contributed by atoms with Gasteiger partial charge in [0.25, 0.3) is 0 Å². The van der Waals surface area contributed by atoms with Crippen molar-refractivity contribution in [2.75, 3.05) is 19.6 Å². The van der Waals surface area contributed by atoms with Crippen LogP contribution in [0.1, 0.15) is 60.8 Å². The summed E-state index contributed by atoms with van der Waals surface area (Å²) in [6, 6.07) is 0. The van der Waals surface area contributed by atoms with Crippen LogP contribution < -0.4 is 0 Å². The Kier molecular flexibility index (Phi) is 15.2. The normalized spacial score (nSPS) is 17.6. The predicted octanol–water partition coefficient (Wildman–Crippen LogP) is 4.18. The Morgan fingerprint density at radius 1 is 0.929 bits per heavy atom. The fraction of sp³-hybridized carbons (Fsp3) is 1.00. The van der Waals surface area contributed by atoms with Crippen LogP contribution in [0.4, 0.5) is 0 Å². The highest BCUT2D eigenvalue weighted by Crippen LogP contribution is 2.19. The Balaban J connectivity index is 0. The van der Waals surface area contributed by atoms with Crippen molar-refractivity contribution in [3.63, 3.8) is 0 Å². The summed E-state index contributed by atoms with van der Waals surface area (Å²) in [5.41, 5.74) is 0. The third-order valence-corrected chi connectivity index (χ3v) is 2.73. The SMILES string of the molecule is CC.CC.CCC1CCN(CC)CC1. The molecule has 1 aliphatic rings. The summed E-state index contributed by atoms with van der Waals surface area (Å²) < 4.78 is 0. The van der Waals surface area contributed by atoms with Crippen LogP contribution in [-0.4, -0.2) is 24.5 Å². The largest absolute Gasteiger partial charge is 0.304 e. The number of hydrogen-bond donors (Lipinski definition) is 0. The average Bonchev–Trinajstić information content (AvgIpc) is 2.34. The van der Waals surface area contributed by atoms with Crippen molar-refractivity contribution < 1.29 is 0 Å². The van der Waals surface area contributed by atoms with Gasteiger partial charge in [0.05, 0.1) is 0 Å². The second-order valence-electron chi connectivity index (χ2n) is 3.29. The van der Waals surface area contributed by atoms with Crippen molar-refractivity contribution >= 4 is 0 Å². The summed E-state index contributed by atoms with van der Waals surface area (Å²) in [5.74, 6) is 1.03. The second kappa shape index (κ2) is 13.0. The molecule has 14 heavy (non-hydrogen) atoms. The first kappa shape index (κ1) is 16.4. The third-order valence-electron chi connectivity index (χ3n) is 2.73. The molecule has 0 aromatic rings. The Morgan fingerprint density at radius 2 is 1.36 bits per heavy atom. The quantitative estimate of drug-likeness (QED) is 0.648. The minimum Gasteiger partial charge on any atom is -0.304 e. The van der Waals surface area contributed by atoms with Gasteiger partial charge in [-0.2, -0.15) is 0 Å². The summed E-state index contributed by atoms with van der Waals surface area (Å²) >= 11 is 0. The Hall–Kier alpha value is -0.0400. The molecule has 1 heteroatoms. The van der Waals surface area contributed by atoms with Gasteiger partial charge in [0.15, 0.2) is 0 Å². The number of rotatable bonds is 2. The van der Waals surface area contributed by atoms with E-state index in [1.54, 1.807) is 0 Å². The maximum Gasteiger partial charge on any atom is -0.00162 e. The van der Waals surface area contributed by atoms with E-state index < -0.39 is 0 Å². The van der Waals surface area contributed by atoms with Crippen molar-refractivity contribution in [2.45, 2.75) is 60.8 Å². The first-order chi connectivity index (χ1) is 6.86. The summed E-state index contributed by atoms with van der Waals surface area (Å²) in [6.45, 7) is 16.5. The lowest BCUT2D eigenvalue weighted by Gasteiger charge is -2.30. The summed E-state index contributed by atoms with van der Waals surface area (Å²) in [7, 11) is 0. The van der Waals surface area contributed by atoms with E-state index in [2.05, 4.69) is 18.7 Å². The molecule has 0 aromatic carbocycles. The molecule has 0 aromatic heterocycles. The third kappa shape index (κ3) is 7.37. The maximum atomic E-state index is 2.55. The molecule has 1 fully saturated rings. The number of hydrogen-bond acceptors (Lipinski definition) is 1. The van der Waals surface area contributed by atoms with Crippen molar-refractivity contribution in [1.29, 1.82) is 0 Å². The van der Waals surface area contributed by atoms with Crippen LogP contribution in [0.5, 0.6) is 0 Å².